The molecule has 0 N–H and O–H groups in total. The molecule has 4 aromatic heterocycles. The molecule has 0 saturated carbocycles. The molecule has 7 heteroatoms. The number of anilines is 3. The lowest BCUT2D eigenvalue weighted by molar-refractivity contribution is 1.01. The minimum absolute atomic E-state index is 0.507. The third kappa shape index (κ3) is 3.66. The van der Waals surface area contributed by atoms with Gasteiger partial charge < -0.3 is 0 Å². The summed E-state index contributed by atoms with van der Waals surface area (Å²) in [4.78, 5) is 27.8. The molecule has 9 aromatic rings. The van der Waals surface area contributed by atoms with Crippen LogP contribution in [0.2, 0.25) is 0 Å². The predicted octanol–water partition coefficient (Wildman–Crippen LogP) is 10.1. The minimum atomic E-state index is 0.507. The van der Waals surface area contributed by atoms with Crippen molar-refractivity contribution in [2.45, 2.75) is 0 Å². The largest absolute Gasteiger partial charge is 0.261 e. The van der Waals surface area contributed by atoms with Crippen LogP contribution in [0.1, 0.15) is 0 Å². The predicted molar refractivity (Wildman–Crippen MR) is 188 cm³/mol. The van der Waals surface area contributed by atoms with Crippen molar-refractivity contribution in [3.8, 4) is 34.0 Å². The lowest BCUT2D eigenvalue weighted by Crippen LogP contribution is -2.20. The first-order valence-corrected chi connectivity index (χ1v) is 15.9. The monoisotopic (exact) mass is 606 g/mol. The lowest BCUT2D eigenvalue weighted by atomic mass is 9.96. The van der Waals surface area contributed by atoms with E-state index in [1.165, 1.54) is 15.5 Å². The van der Waals surface area contributed by atoms with Gasteiger partial charge in [-0.15, -0.1) is 11.3 Å². The number of hydrogen-bond acceptors (Lipinski definition) is 7. The maximum absolute atomic E-state index is 5.26. The fourth-order valence-corrected chi connectivity index (χ4v) is 7.87. The Labute approximate surface area is 267 Å². The first kappa shape index (κ1) is 25.3. The number of thiophene rings is 1. The molecule has 1 aliphatic rings. The van der Waals surface area contributed by atoms with Gasteiger partial charge in [0, 0.05) is 48.4 Å². The molecule has 0 spiro atoms. The maximum atomic E-state index is 5.26. The van der Waals surface area contributed by atoms with Crippen molar-refractivity contribution in [1.82, 2.24) is 24.9 Å². The summed E-state index contributed by atoms with van der Waals surface area (Å²) in [6, 6.07) is 43.6. The van der Waals surface area contributed by atoms with E-state index in [0.29, 0.717) is 17.6 Å². The second-order valence-electron chi connectivity index (χ2n) is 11.3. The summed E-state index contributed by atoms with van der Waals surface area (Å²) in [6.45, 7) is 0. The SMILES string of the molecule is c1ccc(-c2nc(-c3cccc4c3sc3ccccc34)nc(N3c4ccccc4-c4nccc5c4c3nc3ccccc35)n2)cc1. The number of nitrogens with zero attached hydrogens (tertiary/aromatic N) is 6. The Morgan fingerprint density at radius 3 is 2.20 bits per heavy atom. The average molecular weight is 607 g/mol. The van der Waals surface area contributed by atoms with Gasteiger partial charge in [-0.3, -0.25) is 9.88 Å². The van der Waals surface area contributed by atoms with Crippen LogP contribution < -0.4 is 4.90 Å². The molecule has 0 fully saturated rings. The zero-order valence-electron chi connectivity index (χ0n) is 24.3. The van der Waals surface area contributed by atoms with Gasteiger partial charge in [0.15, 0.2) is 17.5 Å². The van der Waals surface area contributed by atoms with Crippen molar-refractivity contribution in [3.63, 3.8) is 0 Å². The smallest absolute Gasteiger partial charge is 0.240 e. The number of hydrogen-bond donors (Lipinski definition) is 0. The zero-order chi connectivity index (χ0) is 30.2. The van der Waals surface area contributed by atoms with Gasteiger partial charge in [-0.2, -0.15) is 9.97 Å². The Hall–Kier alpha value is -6.05. The number of aromatic nitrogens is 5. The lowest BCUT2D eigenvalue weighted by Gasteiger charge is -2.30. The number of para-hydroxylation sites is 2. The van der Waals surface area contributed by atoms with Crippen molar-refractivity contribution in [1.29, 1.82) is 0 Å². The van der Waals surface area contributed by atoms with Crippen LogP contribution in [-0.2, 0) is 0 Å². The highest BCUT2D eigenvalue weighted by atomic mass is 32.1. The normalized spacial score (nSPS) is 12.3. The van der Waals surface area contributed by atoms with E-state index >= 15 is 0 Å². The highest BCUT2D eigenvalue weighted by molar-refractivity contribution is 7.26. The third-order valence-electron chi connectivity index (χ3n) is 8.71. The van der Waals surface area contributed by atoms with Gasteiger partial charge in [0.2, 0.25) is 5.95 Å². The van der Waals surface area contributed by atoms with Crippen LogP contribution in [0.3, 0.4) is 0 Å². The molecule has 0 amide bonds. The molecule has 5 heterocycles. The van der Waals surface area contributed by atoms with Crippen molar-refractivity contribution in [3.05, 3.63) is 134 Å². The van der Waals surface area contributed by atoms with E-state index in [1.54, 1.807) is 11.3 Å². The van der Waals surface area contributed by atoms with E-state index < -0.39 is 0 Å². The number of pyridine rings is 2. The van der Waals surface area contributed by atoms with Gasteiger partial charge in [-0.25, -0.2) is 9.97 Å². The summed E-state index contributed by atoms with van der Waals surface area (Å²) in [5.74, 6) is 2.48. The molecule has 0 unspecified atom stereocenters. The Kier molecular flexibility index (Phi) is 5.35. The van der Waals surface area contributed by atoms with Crippen LogP contribution in [0.25, 0.3) is 75.9 Å². The average Bonchev–Trinajstić information content (AvgIpc) is 3.51. The summed E-state index contributed by atoms with van der Waals surface area (Å²) in [5.41, 5.74) is 5.63. The van der Waals surface area contributed by atoms with Crippen molar-refractivity contribution >= 4 is 70.6 Å². The maximum Gasteiger partial charge on any atom is 0.240 e. The Bertz CT molecular complexity index is 2670. The fraction of sp³-hybridized carbons (Fsp3) is 0. The summed E-state index contributed by atoms with van der Waals surface area (Å²) in [5, 5.41) is 5.59. The minimum Gasteiger partial charge on any atom is -0.261 e. The molecule has 46 heavy (non-hydrogen) atoms. The highest BCUT2D eigenvalue weighted by Crippen LogP contribution is 2.50. The van der Waals surface area contributed by atoms with E-state index in [2.05, 4.69) is 83.8 Å². The van der Waals surface area contributed by atoms with E-state index in [0.717, 1.165) is 60.3 Å². The summed E-state index contributed by atoms with van der Waals surface area (Å²) >= 11 is 1.77. The molecule has 0 bridgehead atoms. The van der Waals surface area contributed by atoms with Gasteiger partial charge in [0.05, 0.1) is 22.3 Å². The highest BCUT2D eigenvalue weighted by Gasteiger charge is 2.31. The molecule has 1 aliphatic heterocycles. The van der Waals surface area contributed by atoms with E-state index in [9.17, 15) is 0 Å². The molecule has 0 atom stereocenters. The molecular weight excluding hydrogens is 585 g/mol. The summed E-state index contributed by atoms with van der Waals surface area (Å²) < 4.78 is 2.39. The number of benzene rings is 5. The van der Waals surface area contributed by atoms with Crippen LogP contribution in [0.15, 0.2) is 134 Å². The van der Waals surface area contributed by atoms with E-state index in [1.807, 2.05) is 54.7 Å². The molecule has 10 rings (SSSR count). The van der Waals surface area contributed by atoms with E-state index in [4.69, 9.17) is 24.9 Å². The van der Waals surface area contributed by atoms with E-state index in [-0.39, 0.29) is 0 Å². The van der Waals surface area contributed by atoms with Crippen LogP contribution in [0.4, 0.5) is 17.5 Å². The Morgan fingerprint density at radius 2 is 1.26 bits per heavy atom. The van der Waals surface area contributed by atoms with Crippen molar-refractivity contribution < 1.29 is 0 Å². The number of fused-ring (bicyclic) bond motifs is 7. The van der Waals surface area contributed by atoms with Gasteiger partial charge in [0.1, 0.15) is 0 Å². The molecule has 6 nitrogen and oxygen atoms in total. The quantitative estimate of drug-likeness (QED) is 0.186. The van der Waals surface area contributed by atoms with Crippen molar-refractivity contribution in [2.75, 3.05) is 4.90 Å². The topological polar surface area (TPSA) is 67.7 Å². The molecular formula is C39H22N6S. The summed E-state index contributed by atoms with van der Waals surface area (Å²) in [7, 11) is 0. The second-order valence-corrected chi connectivity index (χ2v) is 12.4. The molecule has 5 aromatic carbocycles. The molecule has 0 saturated heterocycles. The van der Waals surface area contributed by atoms with Gasteiger partial charge in [-0.1, -0.05) is 97.1 Å². The molecule has 0 radical (unpaired) electrons. The van der Waals surface area contributed by atoms with Crippen LogP contribution in [0.5, 0.6) is 0 Å². The third-order valence-corrected chi connectivity index (χ3v) is 9.93. The summed E-state index contributed by atoms with van der Waals surface area (Å²) in [6.07, 6.45) is 1.89. The fourth-order valence-electron chi connectivity index (χ4n) is 6.66. The first-order chi connectivity index (χ1) is 22.8. The Morgan fingerprint density at radius 1 is 0.522 bits per heavy atom. The molecule has 0 aliphatic carbocycles. The van der Waals surface area contributed by atoms with Crippen LogP contribution in [-0.4, -0.2) is 24.9 Å². The van der Waals surface area contributed by atoms with Gasteiger partial charge >= 0.3 is 0 Å². The number of rotatable bonds is 3. The zero-order valence-corrected chi connectivity index (χ0v) is 25.1. The van der Waals surface area contributed by atoms with Crippen LogP contribution >= 0.6 is 11.3 Å². The standard InChI is InChI=1S/C39H22N6S/c1-2-11-23(12-3-1)36-42-37(29-17-10-16-27-25-14-6-9-20-32(25)46-35(27)29)44-39(43-36)45-31-19-8-5-15-28(31)34-33-26(21-22-40-34)24-13-4-7-18-30(24)41-38(33)45/h1-22H. The Balaban J connectivity index is 1.30. The first-order valence-electron chi connectivity index (χ1n) is 15.1. The van der Waals surface area contributed by atoms with Gasteiger partial charge in [0.25, 0.3) is 0 Å². The van der Waals surface area contributed by atoms with Crippen molar-refractivity contribution in [2.24, 2.45) is 0 Å². The molecule has 214 valence electrons. The van der Waals surface area contributed by atoms with Gasteiger partial charge in [-0.05, 0) is 35.7 Å². The second kappa shape index (κ2) is 9.72. The van der Waals surface area contributed by atoms with Crippen LogP contribution in [0, 0.1) is 0 Å².